The molecule has 2 heterocycles. The maximum Gasteiger partial charge on any atom is 0.222 e. The molecule has 7 heteroatoms. The lowest BCUT2D eigenvalue weighted by Gasteiger charge is -2.11. The lowest BCUT2D eigenvalue weighted by Crippen LogP contribution is -2.35. The first-order valence-electron chi connectivity index (χ1n) is 7.17. The number of halogens is 1. The van der Waals surface area contributed by atoms with Crippen LogP contribution in [-0.2, 0) is 21.2 Å². The summed E-state index contributed by atoms with van der Waals surface area (Å²) in [5, 5.41) is 3.95. The summed E-state index contributed by atoms with van der Waals surface area (Å²) in [7, 11) is -2.96. The third kappa shape index (κ3) is 3.52. The number of carbonyl (C=O) groups is 1. The highest BCUT2D eigenvalue weighted by atomic mass is 79.9. The van der Waals surface area contributed by atoms with E-state index >= 15 is 0 Å². The molecule has 1 N–H and O–H groups in total. The van der Waals surface area contributed by atoms with Crippen molar-refractivity contribution in [1.29, 1.82) is 0 Å². The zero-order chi connectivity index (χ0) is 15.7. The van der Waals surface area contributed by atoms with Crippen molar-refractivity contribution in [3.05, 3.63) is 34.9 Å². The average molecular weight is 385 g/mol. The van der Waals surface area contributed by atoms with Crippen LogP contribution in [-0.4, -0.2) is 36.4 Å². The second kappa shape index (κ2) is 6.04. The topological polar surface area (TPSA) is 68.2 Å². The lowest BCUT2D eigenvalue weighted by atomic mass is 10.2. The Morgan fingerprint density at radius 2 is 2.18 bits per heavy atom. The monoisotopic (exact) mass is 384 g/mol. The highest BCUT2D eigenvalue weighted by Gasteiger charge is 2.28. The maximum atomic E-state index is 12.0. The highest BCUT2D eigenvalue weighted by molar-refractivity contribution is 9.10. The first kappa shape index (κ1) is 15.6. The Balaban J connectivity index is 1.59. The third-order valence-corrected chi connectivity index (χ3v) is 6.17. The van der Waals surface area contributed by atoms with Crippen molar-refractivity contribution in [2.24, 2.45) is 0 Å². The van der Waals surface area contributed by atoms with Gasteiger partial charge in [-0.15, -0.1) is 0 Å². The number of aromatic nitrogens is 1. The van der Waals surface area contributed by atoms with E-state index < -0.39 is 9.84 Å². The second-order valence-electron chi connectivity index (χ2n) is 5.63. The number of nitrogens with one attached hydrogen (secondary N) is 1. The molecule has 2 aromatic rings. The molecule has 22 heavy (non-hydrogen) atoms. The van der Waals surface area contributed by atoms with E-state index in [1.54, 1.807) is 0 Å². The highest BCUT2D eigenvalue weighted by Crippen LogP contribution is 2.21. The fourth-order valence-electron chi connectivity index (χ4n) is 2.78. The molecular weight excluding hydrogens is 368 g/mol. The summed E-state index contributed by atoms with van der Waals surface area (Å²) in [5.41, 5.74) is 1.07. The number of amides is 1. The number of aryl methyl sites for hydroxylation is 1. The van der Waals surface area contributed by atoms with Crippen LogP contribution in [0.4, 0.5) is 0 Å². The molecule has 0 unspecified atom stereocenters. The smallest absolute Gasteiger partial charge is 0.222 e. The molecule has 1 aliphatic rings. The van der Waals surface area contributed by atoms with Gasteiger partial charge in [-0.1, -0.05) is 22.0 Å². The molecule has 0 radical (unpaired) electrons. The van der Waals surface area contributed by atoms with Gasteiger partial charge in [-0.05, 0) is 30.0 Å². The summed E-state index contributed by atoms with van der Waals surface area (Å²) >= 11 is 3.45. The van der Waals surface area contributed by atoms with Gasteiger partial charge < -0.3 is 9.88 Å². The standard InChI is InChI=1S/C15H17BrN2O3S/c16-12-2-1-11-3-6-18(14(11)9-12)7-4-15(19)17-13-5-8-22(20,21)10-13/h1-3,6,9,13H,4-5,7-8,10H2,(H,17,19)/t13-/m1/s1. The molecule has 0 saturated carbocycles. The molecule has 118 valence electrons. The van der Waals surface area contributed by atoms with Gasteiger partial charge >= 0.3 is 0 Å². The average Bonchev–Trinajstić information content (AvgIpc) is 2.99. The van der Waals surface area contributed by atoms with Gasteiger partial charge in [0.05, 0.1) is 11.5 Å². The van der Waals surface area contributed by atoms with Gasteiger partial charge in [-0.25, -0.2) is 8.42 Å². The van der Waals surface area contributed by atoms with E-state index in [0.717, 1.165) is 15.4 Å². The zero-order valence-corrected chi connectivity index (χ0v) is 14.4. The van der Waals surface area contributed by atoms with Crippen molar-refractivity contribution in [1.82, 2.24) is 9.88 Å². The minimum absolute atomic E-state index is 0.0676. The summed E-state index contributed by atoms with van der Waals surface area (Å²) in [6.45, 7) is 0.575. The van der Waals surface area contributed by atoms with Crippen LogP contribution in [0.15, 0.2) is 34.9 Å². The molecule has 1 aromatic carbocycles. The van der Waals surface area contributed by atoms with Crippen LogP contribution in [0.25, 0.3) is 10.9 Å². The minimum atomic E-state index is -2.96. The van der Waals surface area contributed by atoms with Crippen LogP contribution in [0.2, 0.25) is 0 Å². The first-order valence-corrected chi connectivity index (χ1v) is 9.78. The largest absolute Gasteiger partial charge is 0.352 e. The minimum Gasteiger partial charge on any atom is -0.352 e. The van der Waals surface area contributed by atoms with Gasteiger partial charge in [0.2, 0.25) is 5.91 Å². The Bertz CT molecular complexity index is 813. The van der Waals surface area contributed by atoms with E-state index in [2.05, 4.69) is 21.2 Å². The molecule has 3 rings (SSSR count). The molecule has 1 aromatic heterocycles. The number of carbonyl (C=O) groups excluding carboxylic acids is 1. The van der Waals surface area contributed by atoms with Gasteiger partial charge in [-0.3, -0.25) is 4.79 Å². The summed E-state index contributed by atoms with van der Waals surface area (Å²) in [6, 6.07) is 7.83. The molecule has 1 amide bonds. The van der Waals surface area contributed by atoms with Gasteiger partial charge in [0.25, 0.3) is 0 Å². The van der Waals surface area contributed by atoms with Crippen molar-refractivity contribution < 1.29 is 13.2 Å². The molecule has 1 fully saturated rings. The number of hydrogen-bond acceptors (Lipinski definition) is 3. The van der Waals surface area contributed by atoms with Gasteiger partial charge in [0.15, 0.2) is 9.84 Å². The molecule has 5 nitrogen and oxygen atoms in total. The Hall–Kier alpha value is -1.34. The Kier molecular flexibility index (Phi) is 4.27. The van der Waals surface area contributed by atoms with Crippen molar-refractivity contribution in [3.8, 4) is 0 Å². The molecule has 0 aliphatic carbocycles. The van der Waals surface area contributed by atoms with Crippen molar-refractivity contribution in [2.75, 3.05) is 11.5 Å². The van der Waals surface area contributed by atoms with E-state index in [9.17, 15) is 13.2 Å². The third-order valence-electron chi connectivity index (χ3n) is 3.91. The van der Waals surface area contributed by atoms with Crippen LogP contribution in [0.3, 0.4) is 0 Å². The number of benzene rings is 1. The number of sulfone groups is 1. The summed E-state index contributed by atoms with van der Waals surface area (Å²) in [6.07, 6.45) is 2.82. The van der Waals surface area contributed by atoms with E-state index in [4.69, 9.17) is 0 Å². The van der Waals surface area contributed by atoms with E-state index in [1.165, 1.54) is 0 Å². The Morgan fingerprint density at radius 3 is 2.91 bits per heavy atom. The predicted molar refractivity (Wildman–Crippen MR) is 89.5 cm³/mol. The number of rotatable bonds is 4. The van der Waals surface area contributed by atoms with Crippen molar-refractivity contribution in [3.63, 3.8) is 0 Å². The van der Waals surface area contributed by atoms with Crippen molar-refractivity contribution >= 4 is 42.6 Å². The zero-order valence-electron chi connectivity index (χ0n) is 12.0. The first-order chi connectivity index (χ1) is 10.4. The lowest BCUT2D eigenvalue weighted by molar-refractivity contribution is -0.121. The SMILES string of the molecule is O=C(CCn1ccc2ccc(Br)cc21)N[C@@H]1CCS(=O)(=O)C1. The molecule has 1 saturated heterocycles. The normalized spacial score (nSPS) is 20.3. The quantitative estimate of drug-likeness (QED) is 0.877. The van der Waals surface area contributed by atoms with Gasteiger partial charge in [0, 0.05) is 35.2 Å². The molecule has 1 atom stereocenters. The van der Waals surface area contributed by atoms with Crippen LogP contribution < -0.4 is 5.32 Å². The van der Waals surface area contributed by atoms with E-state index in [0.29, 0.717) is 19.4 Å². The number of nitrogens with zero attached hydrogens (tertiary/aromatic N) is 1. The van der Waals surface area contributed by atoms with Crippen molar-refractivity contribution in [2.45, 2.75) is 25.4 Å². The summed E-state index contributed by atoms with van der Waals surface area (Å²) in [5.74, 6) is 0.144. The fourth-order valence-corrected chi connectivity index (χ4v) is 4.81. The molecule has 0 bridgehead atoms. The predicted octanol–water partition coefficient (Wildman–Crippen LogP) is 2.10. The van der Waals surface area contributed by atoms with Gasteiger partial charge in [0.1, 0.15) is 0 Å². The molecule has 0 spiro atoms. The van der Waals surface area contributed by atoms with Crippen LogP contribution >= 0.6 is 15.9 Å². The van der Waals surface area contributed by atoms with Gasteiger partial charge in [-0.2, -0.15) is 0 Å². The maximum absolute atomic E-state index is 12.0. The fraction of sp³-hybridized carbons (Fsp3) is 0.400. The summed E-state index contributed by atoms with van der Waals surface area (Å²) < 4.78 is 25.8. The Morgan fingerprint density at radius 1 is 1.36 bits per heavy atom. The van der Waals surface area contributed by atoms with E-state index in [-0.39, 0.29) is 23.5 Å². The Labute approximate surface area is 137 Å². The summed E-state index contributed by atoms with van der Waals surface area (Å²) in [4.78, 5) is 12.0. The van der Waals surface area contributed by atoms with Crippen LogP contribution in [0, 0.1) is 0 Å². The van der Waals surface area contributed by atoms with Crippen LogP contribution in [0.1, 0.15) is 12.8 Å². The molecular formula is C15H17BrN2O3S. The number of hydrogen-bond donors (Lipinski definition) is 1. The van der Waals surface area contributed by atoms with Crippen LogP contribution in [0.5, 0.6) is 0 Å². The molecule has 1 aliphatic heterocycles. The second-order valence-corrected chi connectivity index (χ2v) is 8.77. The number of fused-ring (bicyclic) bond motifs is 1. The van der Waals surface area contributed by atoms with E-state index in [1.807, 2.05) is 35.0 Å².